The van der Waals surface area contributed by atoms with E-state index in [4.69, 9.17) is 0 Å². The van der Waals surface area contributed by atoms with Gasteiger partial charge in [0.15, 0.2) is 0 Å². The SMILES string of the molecule is CNCCn1nc2c(O)cccc2c1Br. The fourth-order valence-corrected chi connectivity index (χ4v) is 2.05. The number of likely N-dealkylation sites (N-methyl/N-ethyl adjacent to an activating group) is 1. The minimum Gasteiger partial charge on any atom is -0.506 e. The zero-order chi connectivity index (χ0) is 10.8. The first kappa shape index (κ1) is 10.4. The van der Waals surface area contributed by atoms with Crippen molar-refractivity contribution in [2.45, 2.75) is 6.54 Å². The Labute approximate surface area is 96.0 Å². The quantitative estimate of drug-likeness (QED) is 0.892. The number of rotatable bonds is 3. The van der Waals surface area contributed by atoms with Crippen LogP contribution in [0.25, 0.3) is 10.9 Å². The van der Waals surface area contributed by atoms with Crippen molar-refractivity contribution in [3.63, 3.8) is 0 Å². The summed E-state index contributed by atoms with van der Waals surface area (Å²) in [5, 5.41) is 17.9. The van der Waals surface area contributed by atoms with Gasteiger partial charge in [0.25, 0.3) is 0 Å². The number of phenols is 1. The summed E-state index contributed by atoms with van der Waals surface area (Å²) >= 11 is 3.48. The molecule has 15 heavy (non-hydrogen) atoms. The van der Waals surface area contributed by atoms with Crippen molar-refractivity contribution >= 4 is 26.8 Å². The van der Waals surface area contributed by atoms with Gasteiger partial charge in [-0.3, -0.25) is 4.68 Å². The number of benzene rings is 1. The maximum absolute atomic E-state index is 9.62. The summed E-state index contributed by atoms with van der Waals surface area (Å²) in [5.74, 6) is 0.219. The molecule has 0 aliphatic heterocycles. The maximum Gasteiger partial charge on any atom is 0.143 e. The third-order valence-corrected chi connectivity index (χ3v) is 3.09. The summed E-state index contributed by atoms with van der Waals surface area (Å²) in [6.07, 6.45) is 0. The lowest BCUT2D eigenvalue weighted by molar-refractivity contribution is 0.478. The topological polar surface area (TPSA) is 50.1 Å². The molecule has 5 heteroatoms. The van der Waals surface area contributed by atoms with Crippen molar-refractivity contribution in [2.75, 3.05) is 13.6 Å². The molecule has 2 N–H and O–H groups in total. The van der Waals surface area contributed by atoms with Crippen LogP contribution in [0, 0.1) is 0 Å². The number of nitrogens with one attached hydrogen (secondary N) is 1. The Balaban J connectivity index is 2.49. The van der Waals surface area contributed by atoms with Gasteiger partial charge in [0.1, 0.15) is 15.9 Å². The van der Waals surface area contributed by atoms with E-state index >= 15 is 0 Å². The van der Waals surface area contributed by atoms with Crippen LogP contribution in [0.1, 0.15) is 0 Å². The molecule has 0 saturated heterocycles. The monoisotopic (exact) mass is 269 g/mol. The average Bonchev–Trinajstić information content (AvgIpc) is 2.55. The van der Waals surface area contributed by atoms with Crippen LogP contribution in [0.5, 0.6) is 5.75 Å². The molecule has 1 heterocycles. The van der Waals surface area contributed by atoms with Crippen molar-refractivity contribution in [3.05, 3.63) is 22.8 Å². The Morgan fingerprint density at radius 1 is 1.53 bits per heavy atom. The van der Waals surface area contributed by atoms with Gasteiger partial charge in [0.05, 0.1) is 6.54 Å². The van der Waals surface area contributed by atoms with Crippen LogP contribution in [-0.4, -0.2) is 28.5 Å². The molecule has 0 fully saturated rings. The molecule has 0 spiro atoms. The van der Waals surface area contributed by atoms with Gasteiger partial charge in [0.2, 0.25) is 0 Å². The van der Waals surface area contributed by atoms with Crippen LogP contribution >= 0.6 is 15.9 Å². The molecule has 80 valence electrons. The Hall–Kier alpha value is -1.07. The van der Waals surface area contributed by atoms with Gasteiger partial charge in [-0.25, -0.2) is 0 Å². The van der Waals surface area contributed by atoms with Crippen LogP contribution in [-0.2, 0) is 6.54 Å². The first-order valence-corrected chi connectivity index (χ1v) is 5.52. The normalized spacial score (nSPS) is 11.1. The maximum atomic E-state index is 9.62. The molecule has 0 aliphatic carbocycles. The number of nitrogens with zero attached hydrogens (tertiary/aromatic N) is 2. The fraction of sp³-hybridized carbons (Fsp3) is 0.300. The van der Waals surface area contributed by atoms with Crippen molar-refractivity contribution < 1.29 is 5.11 Å². The highest BCUT2D eigenvalue weighted by atomic mass is 79.9. The van der Waals surface area contributed by atoms with Crippen LogP contribution in [0.15, 0.2) is 22.8 Å². The van der Waals surface area contributed by atoms with Crippen molar-refractivity contribution in [2.24, 2.45) is 0 Å². The molecular weight excluding hydrogens is 258 g/mol. The standard InChI is InChI=1S/C10H12BrN3O/c1-12-5-6-14-10(11)7-3-2-4-8(15)9(7)13-14/h2-4,12,15H,5-6H2,1H3. The Morgan fingerprint density at radius 2 is 2.33 bits per heavy atom. The van der Waals surface area contributed by atoms with E-state index in [0.717, 1.165) is 23.1 Å². The molecule has 0 atom stereocenters. The first-order valence-electron chi connectivity index (χ1n) is 4.72. The molecule has 0 aliphatic rings. The molecule has 0 amide bonds. The van der Waals surface area contributed by atoms with Gasteiger partial charge in [0, 0.05) is 11.9 Å². The summed E-state index contributed by atoms with van der Waals surface area (Å²) in [6, 6.07) is 5.39. The Bertz CT molecular complexity index is 481. The second-order valence-corrected chi connectivity index (χ2v) is 4.04. The number of halogens is 1. The largest absolute Gasteiger partial charge is 0.506 e. The lowest BCUT2D eigenvalue weighted by Gasteiger charge is -2.01. The molecule has 1 aromatic carbocycles. The molecule has 1 aromatic heterocycles. The number of aromatic hydroxyl groups is 1. The summed E-state index contributed by atoms with van der Waals surface area (Å²) in [4.78, 5) is 0. The lowest BCUT2D eigenvalue weighted by atomic mass is 10.2. The highest BCUT2D eigenvalue weighted by Crippen LogP contribution is 2.29. The van der Waals surface area contributed by atoms with Gasteiger partial charge in [-0.2, -0.15) is 5.10 Å². The minimum absolute atomic E-state index is 0.219. The van der Waals surface area contributed by atoms with E-state index in [1.165, 1.54) is 0 Å². The van der Waals surface area contributed by atoms with Crippen LogP contribution in [0.4, 0.5) is 0 Å². The Kier molecular flexibility index (Phi) is 2.93. The minimum atomic E-state index is 0.219. The first-order chi connectivity index (χ1) is 7.24. The number of aromatic nitrogens is 2. The van der Waals surface area contributed by atoms with E-state index in [0.29, 0.717) is 5.52 Å². The smallest absolute Gasteiger partial charge is 0.143 e. The predicted octanol–water partition coefficient (Wildman–Crippen LogP) is 1.72. The third kappa shape index (κ3) is 1.85. The molecule has 0 saturated carbocycles. The van der Waals surface area contributed by atoms with Crippen molar-refractivity contribution in [1.82, 2.24) is 15.1 Å². The predicted molar refractivity (Wildman–Crippen MR) is 63.0 cm³/mol. The molecule has 0 radical (unpaired) electrons. The van der Waals surface area contributed by atoms with E-state index < -0.39 is 0 Å². The summed E-state index contributed by atoms with van der Waals surface area (Å²) in [7, 11) is 1.90. The molecule has 2 rings (SSSR count). The second kappa shape index (κ2) is 4.20. The van der Waals surface area contributed by atoms with E-state index in [-0.39, 0.29) is 5.75 Å². The highest BCUT2D eigenvalue weighted by Gasteiger charge is 2.10. The third-order valence-electron chi connectivity index (χ3n) is 2.26. The lowest BCUT2D eigenvalue weighted by Crippen LogP contribution is -2.15. The Morgan fingerprint density at radius 3 is 3.00 bits per heavy atom. The number of hydrogen-bond donors (Lipinski definition) is 2. The van der Waals surface area contributed by atoms with Crippen LogP contribution in [0.3, 0.4) is 0 Å². The number of phenolic OH excluding ortho intramolecular Hbond substituents is 1. The molecule has 0 unspecified atom stereocenters. The van der Waals surface area contributed by atoms with Crippen molar-refractivity contribution in [3.8, 4) is 5.75 Å². The van der Waals surface area contributed by atoms with E-state index in [9.17, 15) is 5.11 Å². The summed E-state index contributed by atoms with van der Waals surface area (Å²) in [5.41, 5.74) is 0.639. The van der Waals surface area contributed by atoms with Crippen molar-refractivity contribution in [1.29, 1.82) is 0 Å². The average molecular weight is 270 g/mol. The van der Waals surface area contributed by atoms with Crippen LogP contribution < -0.4 is 5.32 Å². The number of fused-ring (bicyclic) bond motifs is 1. The molecular formula is C10H12BrN3O. The number of hydrogen-bond acceptors (Lipinski definition) is 3. The summed E-state index contributed by atoms with van der Waals surface area (Å²) < 4.78 is 2.74. The van der Waals surface area contributed by atoms with Gasteiger partial charge in [-0.05, 0) is 35.1 Å². The van der Waals surface area contributed by atoms with Gasteiger partial charge < -0.3 is 10.4 Å². The zero-order valence-electron chi connectivity index (χ0n) is 8.37. The second-order valence-electron chi connectivity index (χ2n) is 3.29. The molecule has 2 aromatic rings. The molecule has 0 bridgehead atoms. The molecule has 4 nitrogen and oxygen atoms in total. The fourth-order valence-electron chi connectivity index (χ4n) is 1.47. The van der Waals surface area contributed by atoms with Crippen LogP contribution in [0.2, 0.25) is 0 Å². The highest BCUT2D eigenvalue weighted by molar-refractivity contribution is 9.10. The van der Waals surface area contributed by atoms with E-state index in [1.54, 1.807) is 6.07 Å². The van der Waals surface area contributed by atoms with Gasteiger partial charge in [-0.15, -0.1) is 0 Å². The van der Waals surface area contributed by atoms with E-state index in [1.807, 2.05) is 23.9 Å². The zero-order valence-corrected chi connectivity index (χ0v) is 9.95. The van der Waals surface area contributed by atoms with Gasteiger partial charge in [-0.1, -0.05) is 6.07 Å². The van der Waals surface area contributed by atoms with Gasteiger partial charge >= 0.3 is 0 Å². The summed E-state index contributed by atoms with van der Waals surface area (Å²) in [6.45, 7) is 1.61. The van der Waals surface area contributed by atoms with E-state index in [2.05, 4.69) is 26.3 Å².